The number of aliphatic hydroxyl groups is 1. The average Bonchev–Trinajstić information content (AvgIpc) is 3.22. The van der Waals surface area contributed by atoms with Crippen LogP contribution in [0.1, 0.15) is 26.3 Å². The van der Waals surface area contributed by atoms with Gasteiger partial charge in [-0.1, -0.05) is 0 Å². The molecule has 2 N–H and O–H groups in total. The van der Waals surface area contributed by atoms with Crippen molar-refractivity contribution in [3.05, 3.63) is 68.9 Å². The SMILES string of the molecule is Cc1c(-c2ccc(Oc3ccc(S(=O)C(C)(C)C)cc3)c(OC(F)(F)F)c2)sc2c1c(=O)[nH]c(=O)n2C[C@@H](O)C(F)(F)F. The Kier molecular flexibility index (Phi) is 8.61. The fourth-order valence-electron chi connectivity index (χ4n) is 4.04. The lowest BCUT2D eigenvalue weighted by Gasteiger charge is -2.18. The van der Waals surface area contributed by atoms with Gasteiger partial charge in [-0.25, -0.2) is 4.79 Å². The molecule has 0 aliphatic carbocycles. The first-order chi connectivity index (χ1) is 19.8. The molecule has 1 unspecified atom stereocenters. The van der Waals surface area contributed by atoms with Gasteiger partial charge >= 0.3 is 18.2 Å². The maximum atomic E-state index is 13.4. The Labute approximate surface area is 246 Å². The highest BCUT2D eigenvalue weighted by Gasteiger charge is 2.39. The van der Waals surface area contributed by atoms with Crippen LogP contribution < -0.4 is 20.7 Å². The van der Waals surface area contributed by atoms with Crippen molar-refractivity contribution in [3.63, 3.8) is 0 Å². The van der Waals surface area contributed by atoms with Crippen molar-refractivity contribution in [1.29, 1.82) is 0 Å². The first kappa shape index (κ1) is 32.3. The molecular formula is C27H24F6N2O6S2. The number of alkyl halides is 6. The van der Waals surface area contributed by atoms with Gasteiger partial charge in [0.2, 0.25) is 0 Å². The number of thiophene rings is 1. The predicted octanol–water partition coefficient (Wildman–Crippen LogP) is 6.25. The number of aromatic nitrogens is 2. The molecule has 0 aliphatic heterocycles. The molecule has 0 bridgehead atoms. The zero-order valence-corrected chi connectivity index (χ0v) is 24.5. The maximum absolute atomic E-state index is 13.4. The molecule has 4 aromatic rings. The van der Waals surface area contributed by atoms with Crippen LogP contribution in [0.4, 0.5) is 26.3 Å². The molecular weight excluding hydrogens is 626 g/mol. The third-order valence-corrected chi connectivity index (χ3v) is 9.23. The second-order valence-electron chi connectivity index (χ2n) is 10.3. The Morgan fingerprint density at radius 3 is 2.19 bits per heavy atom. The first-order valence-electron chi connectivity index (χ1n) is 12.4. The van der Waals surface area contributed by atoms with Gasteiger partial charge in [-0.15, -0.1) is 24.5 Å². The maximum Gasteiger partial charge on any atom is 0.573 e. The summed E-state index contributed by atoms with van der Waals surface area (Å²) in [5.41, 5.74) is -1.86. The van der Waals surface area contributed by atoms with Crippen LogP contribution in [0.15, 0.2) is 56.9 Å². The van der Waals surface area contributed by atoms with Crippen molar-refractivity contribution in [2.24, 2.45) is 0 Å². The zero-order chi connectivity index (χ0) is 32.1. The van der Waals surface area contributed by atoms with Crippen molar-refractivity contribution < 1.29 is 45.1 Å². The summed E-state index contributed by atoms with van der Waals surface area (Å²) in [7, 11) is -1.36. The lowest BCUT2D eigenvalue weighted by molar-refractivity contribution is -0.275. The molecule has 2 aromatic heterocycles. The van der Waals surface area contributed by atoms with Crippen LogP contribution >= 0.6 is 11.3 Å². The van der Waals surface area contributed by atoms with Gasteiger partial charge < -0.3 is 14.6 Å². The molecule has 2 aromatic carbocycles. The van der Waals surface area contributed by atoms with Crippen LogP contribution in [-0.4, -0.2) is 42.3 Å². The van der Waals surface area contributed by atoms with Gasteiger partial charge in [0, 0.05) is 14.5 Å². The van der Waals surface area contributed by atoms with Crippen LogP contribution in [-0.2, 0) is 17.3 Å². The summed E-state index contributed by atoms with van der Waals surface area (Å²) >= 11 is 0.685. The number of hydrogen-bond acceptors (Lipinski definition) is 7. The summed E-state index contributed by atoms with van der Waals surface area (Å²) in [4.78, 5) is 27.3. The molecule has 4 rings (SSSR count). The Hall–Kier alpha value is -3.63. The van der Waals surface area contributed by atoms with Crippen LogP contribution in [0.2, 0.25) is 0 Å². The number of rotatable bonds is 7. The standard InChI is InChI=1S/C27H24F6N2O6S2/c1-13-20-22(37)34-24(38)35(12-19(36)26(28,29)30)23(20)42-21(13)14-5-10-17(18(11-14)41-27(31,32)33)40-15-6-8-16(9-7-15)43(39)25(2,3)4/h5-11,19,36H,12H2,1-4H3,(H,34,37,38)/t19-,43?/m1/s1. The Morgan fingerprint density at radius 2 is 1.63 bits per heavy atom. The van der Waals surface area contributed by atoms with Crippen molar-refractivity contribution in [2.45, 2.75) is 62.5 Å². The number of aliphatic hydroxyl groups excluding tert-OH is 1. The summed E-state index contributed by atoms with van der Waals surface area (Å²) in [6.45, 7) is 5.56. The van der Waals surface area contributed by atoms with Crippen molar-refractivity contribution in [3.8, 4) is 27.7 Å². The van der Waals surface area contributed by atoms with Gasteiger partial charge in [-0.2, -0.15) is 13.2 Å². The van der Waals surface area contributed by atoms with Gasteiger partial charge in [0.1, 0.15) is 10.6 Å². The molecule has 0 amide bonds. The minimum absolute atomic E-state index is 0.0796. The fraction of sp³-hybridized carbons (Fsp3) is 0.333. The van der Waals surface area contributed by atoms with Crippen LogP contribution in [0.25, 0.3) is 20.7 Å². The number of aromatic amines is 1. The van der Waals surface area contributed by atoms with E-state index in [1.54, 1.807) is 20.8 Å². The van der Waals surface area contributed by atoms with Crippen LogP contribution in [0, 0.1) is 6.92 Å². The van der Waals surface area contributed by atoms with Gasteiger partial charge in [0.05, 0.1) is 22.7 Å². The van der Waals surface area contributed by atoms with E-state index >= 15 is 0 Å². The van der Waals surface area contributed by atoms with E-state index in [0.29, 0.717) is 20.8 Å². The minimum atomic E-state index is -5.13. The number of nitrogens with one attached hydrogen (secondary N) is 1. The van der Waals surface area contributed by atoms with E-state index in [9.17, 15) is 45.2 Å². The van der Waals surface area contributed by atoms with E-state index < -0.39 is 57.7 Å². The molecule has 8 nitrogen and oxygen atoms in total. The number of hydrogen-bond donors (Lipinski definition) is 2. The first-order valence-corrected chi connectivity index (χ1v) is 14.3. The lowest BCUT2D eigenvalue weighted by atomic mass is 10.1. The van der Waals surface area contributed by atoms with E-state index in [4.69, 9.17) is 4.74 Å². The van der Waals surface area contributed by atoms with E-state index in [0.717, 1.165) is 6.07 Å². The molecule has 2 heterocycles. The Bertz CT molecular complexity index is 1800. The molecule has 0 fully saturated rings. The van der Waals surface area contributed by atoms with E-state index in [-0.39, 0.29) is 37.7 Å². The third-order valence-electron chi connectivity index (χ3n) is 6.05. The van der Waals surface area contributed by atoms with E-state index in [1.807, 2.05) is 4.98 Å². The Morgan fingerprint density at radius 1 is 1.00 bits per heavy atom. The number of halogens is 6. The predicted molar refractivity (Wildman–Crippen MR) is 148 cm³/mol. The molecule has 0 aliphatic rings. The highest BCUT2D eigenvalue weighted by Crippen LogP contribution is 2.42. The number of aryl methyl sites for hydroxylation is 1. The zero-order valence-electron chi connectivity index (χ0n) is 22.8. The molecule has 2 atom stereocenters. The average molecular weight is 651 g/mol. The number of fused-ring (bicyclic) bond motifs is 1. The van der Waals surface area contributed by atoms with Gasteiger partial charge in [-0.3, -0.25) is 18.6 Å². The van der Waals surface area contributed by atoms with Gasteiger partial charge in [0.25, 0.3) is 5.56 Å². The van der Waals surface area contributed by atoms with Crippen molar-refractivity contribution in [2.75, 3.05) is 0 Å². The Balaban J connectivity index is 1.78. The van der Waals surface area contributed by atoms with E-state index in [2.05, 4.69) is 4.74 Å². The topological polar surface area (TPSA) is 111 Å². The third kappa shape index (κ3) is 7.13. The molecule has 16 heteroatoms. The van der Waals surface area contributed by atoms with Gasteiger partial charge in [0.15, 0.2) is 17.6 Å². The van der Waals surface area contributed by atoms with Gasteiger partial charge in [-0.05, 0) is 81.3 Å². The largest absolute Gasteiger partial charge is 0.573 e. The summed E-state index contributed by atoms with van der Waals surface area (Å²) in [5, 5.41) is 9.37. The molecule has 0 radical (unpaired) electrons. The number of nitrogens with zero attached hydrogens (tertiary/aromatic N) is 1. The smallest absolute Gasteiger partial charge is 0.453 e. The second-order valence-corrected chi connectivity index (χ2v) is 13.6. The molecule has 232 valence electrons. The highest BCUT2D eigenvalue weighted by atomic mass is 32.2. The number of benzene rings is 2. The normalized spacial score (nSPS) is 14.1. The van der Waals surface area contributed by atoms with E-state index in [1.165, 1.54) is 43.3 Å². The molecule has 0 saturated carbocycles. The summed E-state index contributed by atoms with van der Waals surface area (Å²) in [5.74, 6) is -0.984. The highest BCUT2D eigenvalue weighted by molar-refractivity contribution is 7.86. The number of H-pyrrole nitrogens is 1. The molecule has 0 saturated heterocycles. The number of ether oxygens (including phenoxy) is 2. The van der Waals surface area contributed by atoms with Crippen molar-refractivity contribution in [1.82, 2.24) is 9.55 Å². The fourth-order valence-corrected chi connectivity index (χ4v) is 6.44. The summed E-state index contributed by atoms with van der Waals surface area (Å²) in [6.07, 6.45) is -13.1. The minimum Gasteiger partial charge on any atom is -0.453 e. The van der Waals surface area contributed by atoms with Crippen LogP contribution in [0.5, 0.6) is 17.2 Å². The monoisotopic (exact) mass is 650 g/mol. The summed E-state index contributed by atoms with van der Waals surface area (Å²) in [6, 6.07) is 9.39. The van der Waals surface area contributed by atoms with Crippen molar-refractivity contribution >= 4 is 32.4 Å². The van der Waals surface area contributed by atoms with Crippen LogP contribution in [0.3, 0.4) is 0 Å². The molecule has 0 spiro atoms. The molecule has 43 heavy (non-hydrogen) atoms. The quantitative estimate of drug-likeness (QED) is 0.229. The second kappa shape index (κ2) is 11.5. The summed E-state index contributed by atoms with van der Waals surface area (Å²) < 4.78 is 102. The lowest BCUT2D eigenvalue weighted by Crippen LogP contribution is -2.38.